The van der Waals surface area contributed by atoms with E-state index in [1.54, 1.807) is 30.4 Å². The van der Waals surface area contributed by atoms with Gasteiger partial charge < -0.3 is 10.2 Å². The second-order valence-corrected chi connectivity index (χ2v) is 11.1. The van der Waals surface area contributed by atoms with Gasteiger partial charge in [0.05, 0.1) is 0 Å². The first-order valence-corrected chi connectivity index (χ1v) is 13.4. The molecule has 198 valence electrons. The molecule has 1 fully saturated rings. The van der Waals surface area contributed by atoms with E-state index in [4.69, 9.17) is 0 Å². The summed E-state index contributed by atoms with van der Waals surface area (Å²) in [4.78, 5) is 35.5. The number of benzene rings is 1. The number of hydrogen-bond donors (Lipinski definition) is 1. The highest BCUT2D eigenvalue weighted by Gasteiger charge is 2.38. The van der Waals surface area contributed by atoms with Crippen molar-refractivity contribution in [3.05, 3.63) is 59.9 Å². The first-order chi connectivity index (χ1) is 17.7. The summed E-state index contributed by atoms with van der Waals surface area (Å²) in [6.45, 7) is 8.41. The molecule has 7 heteroatoms. The number of anilines is 1. The number of nitriles is 1. The van der Waals surface area contributed by atoms with Crippen molar-refractivity contribution >= 4 is 17.5 Å². The molecule has 2 aromatic rings. The molecule has 1 saturated carbocycles. The van der Waals surface area contributed by atoms with Gasteiger partial charge in [0.15, 0.2) is 6.19 Å². The number of carbonyl (C=O) groups excluding carboxylic acids is 2. The molecular formula is C30H41N5O2. The maximum atomic E-state index is 14.3. The van der Waals surface area contributed by atoms with Gasteiger partial charge in [0.2, 0.25) is 5.91 Å². The van der Waals surface area contributed by atoms with Crippen LogP contribution in [0.1, 0.15) is 89.8 Å². The zero-order valence-electron chi connectivity index (χ0n) is 22.9. The van der Waals surface area contributed by atoms with Gasteiger partial charge in [-0.2, -0.15) is 5.26 Å². The predicted molar refractivity (Wildman–Crippen MR) is 147 cm³/mol. The molecule has 1 N–H and O–H groups in total. The highest BCUT2D eigenvalue weighted by molar-refractivity contribution is 6.03. The monoisotopic (exact) mass is 503 g/mol. The van der Waals surface area contributed by atoms with Crippen molar-refractivity contribution in [2.45, 2.75) is 96.2 Å². The zero-order valence-corrected chi connectivity index (χ0v) is 22.9. The molecule has 3 rings (SSSR count). The molecule has 2 unspecified atom stereocenters. The third-order valence-electron chi connectivity index (χ3n) is 7.18. The Balaban J connectivity index is 2.12. The van der Waals surface area contributed by atoms with Gasteiger partial charge >= 0.3 is 0 Å². The maximum Gasteiger partial charge on any atom is 0.251 e. The lowest BCUT2D eigenvalue weighted by atomic mass is 9.87. The van der Waals surface area contributed by atoms with Crippen LogP contribution in [0.25, 0.3) is 0 Å². The Hall–Kier alpha value is -3.40. The molecular weight excluding hydrogens is 462 g/mol. The molecule has 1 aromatic heterocycles. The Morgan fingerprint density at radius 3 is 2.35 bits per heavy atom. The molecule has 1 aliphatic carbocycles. The van der Waals surface area contributed by atoms with E-state index in [2.05, 4.69) is 37.3 Å². The number of nitrogens with zero attached hydrogens (tertiary/aromatic N) is 4. The Morgan fingerprint density at radius 2 is 1.81 bits per heavy atom. The van der Waals surface area contributed by atoms with Crippen LogP contribution < -0.4 is 10.2 Å². The SMILES string of the molecule is CCCC(C(=O)N(c1ccc(C(C)(C)C)cc1)C(C(=O)NC1CCCCC1)c1cccnc1)N(C)C#N. The summed E-state index contributed by atoms with van der Waals surface area (Å²) in [7, 11) is 1.63. The van der Waals surface area contributed by atoms with Gasteiger partial charge in [-0.25, -0.2) is 0 Å². The van der Waals surface area contributed by atoms with Gasteiger partial charge in [-0.1, -0.05) is 71.6 Å². The summed E-state index contributed by atoms with van der Waals surface area (Å²) >= 11 is 0. The largest absolute Gasteiger partial charge is 0.351 e. The van der Waals surface area contributed by atoms with Crippen molar-refractivity contribution in [1.82, 2.24) is 15.2 Å². The Bertz CT molecular complexity index is 1070. The standard InChI is InChI=1S/C30H41N5O2/c1-6-11-26(34(5)21-31)29(37)35(25-17-15-23(16-18-25)30(2,3)4)27(22-12-10-19-32-20-22)28(36)33-24-13-8-7-9-14-24/h10,12,15-20,24,26-27H,6-9,11,13-14H2,1-5H3,(H,33,36). The normalized spacial score (nSPS) is 15.8. The van der Waals surface area contributed by atoms with Crippen LogP contribution in [0.4, 0.5) is 5.69 Å². The Kier molecular flexibility index (Phi) is 9.68. The quantitative estimate of drug-likeness (QED) is 0.361. The summed E-state index contributed by atoms with van der Waals surface area (Å²) in [5.41, 5.74) is 2.34. The molecule has 7 nitrogen and oxygen atoms in total. The second-order valence-electron chi connectivity index (χ2n) is 11.1. The second kappa shape index (κ2) is 12.7. The fraction of sp³-hybridized carbons (Fsp3) is 0.533. The minimum atomic E-state index is -0.907. The van der Waals surface area contributed by atoms with Gasteiger partial charge in [0.1, 0.15) is 12.1 Å². The molecule has 2 amide bonds. The van der Waals surface area contributed by atoms with E-state index in [9.17, 15) is 14.9 Å². The Morgan fingerprint density at radius 1 is 1.14 bits per heavy atom. The number of hydrogen-bond acceptors (Lipinski definition) is 5. The molecule has 1 aliphatic rings. The Labute approximate surface area is 221 Å². The van der Waals surface area contributed by atoms with Crippen LogP contribution in [-0.4, -0.2) is 40.8 Å². The molecule has 1 aromatic carbocycles. The average Bonchev–Trinajstić information content (AvgIpc) is 2.90. The lowest BCUT2D eigenvalue weighted by molar-refractivity contribution is -0.129. The van der Waals surface area contributed by atoms with E-state index in [-0.39, 0.29) is 23.3 Å². The number of likely N-dealkylation sites (N-methyl/N-ethyl adjacent to an activating group) is 1. The lowest BCUT2D eigenvalue weighted by Crippen LogP contribution is -2.52. The summed E-state index contributed by atoms with van der Waals surface area (Å²) in [6, 6.07) is 9.96. The van der Waals surface area contributed by atoms with Crippen molar-refractivity contribution in [2.24, 2.45) is 0 Å². The molecule has 0 radical (unpaired) electrons. The van der Waals surface area contributed by atoms with Crippen molar-refractivity contribution in [1.29, 1.82) is 5.26 Å². The fourth-order valence-electron chi connectivity index (χ4n) is 4.99. The number of amides is 2. The van der Waals surface area contributed by atoms with Crippen LogP contribution in [0.15, 0.2) is 48.8 Å². The average molecular weight is 504 g/mol. The van der Waals surface area contributed by atoms with Crippen molar-refractivity contribution < 1.29 is 9.59 Å². The summed E-state index contributed by atoms with van der Waals surface area (Å²) in [5.74, 6) is -0.495. The molecule has 0 saturated heterocycles. The topological polar surface area (TPSA) is 89.3 Å². The molecule has 37 heavy (non-hydrogen) atoms. The number of rotatable bonds is 9. The van der Waals surface area contributed by atoms with Crippen LogP contribution in [0, 0.1) is 11.5 Å². The minimum Gasteiger partial charge on any atom is -0.351 e. The predicted octanol–water partition coefficient (Wildman–Crippen LogP) is 5.48. The van der Waals surface area contributed by atoms with Crippen LogP contribution in [0.5, 0.6) is 0 Å². The van der Waals surface area contributed by atoms with Gasteiger partial charge in [0, 0.05) is 36.7 Å². The summed E-state index contributed by atoms with van der Waals surface area (Å²) in [6.07, 6.45) is 11.9. The van der Waals surface area contributed by atoms with E-state index in [0.29, 0.717) is 17.7 Å². The zero-order chi connectivity index (χ0) is 27.0. The van der Waals surface area contributed by atoms with E-state index in [0.717, 1.165) is 37.7 Å². The van der Waals surface area contributed by atoms with Gasteiger partial charge in [0.25, 0.3) is 5.91 Å². The fourth-order valence-corrected chi connectivity index (χ4v) is 4.99. The molecule has 0 spiro atoms. The van der Waals surface area contributed by atoms with Gasteiger partial charge in [-0.3, -0.25) is 19.5 Å². The smallest absolute Gasteiger partial charge is 0.251 e. The van der Waals surface area contributed by atoms with Crippen molar-refractivity contribution in [3.63, 3.8) is 0 Å². The van der Waals surface area contributed by atoms with Crippen LogP contribution in [-0.2, 0) is 15.0 Å². The third-order valence-corrected chi connectivity index (χ3v) is 7.18. The van der Waals surface area contributed by atoms with E-state index >= 15 is 0 Å². The van der Waals surface area contributed by atoms with Gasteiger partial charge in [-0.15, -0.1) is 0 Å². The first-order valence-electron chi connectivity index (χ1n) is 13.4. The third kappa shape index (κ3) is 7.09. The van der Waals surface area contributed by atoms with Gasteiger partial charge in [-0.05, 0) is 48.4 Å². The highest BCUT2D eigenvalue weighted by Crippen LogP contribution is 2.32. The molecule has 2 atom stereocenters. The molecule has 1 heterocycles. The van der Waals surface area contributed by atoms with Crippen LogP contribution in [0.2, 0.25) is 0 Å². The van der Waals surface area contributed by atoms with E-state index in [1.165, 1.54) is 11.3 Å². The summed E-state index contributed by atoms with van der Waals surface area (Å²) in [5, 5.41) is 12.9. The molecule has 0 aliphatic heterocycles. The number of aromatic nitrogens is 1. The molecule has 0 bridgehead atoms. The number of nitrogens with one attached hydrogen (secondary N) is 1. The van der Waals surface area contributed by atoms with Crippen molar-refractivity contribution in [2.75, 3.05) is 11.9 Å². The van der Waals surface area contributed by atoms with E-state index < -0.39 is 12.1 Å². The summed E-state index contributed by atoms with van der Waals surface area (Å²) < 4.78 is 0. The first kappa shape index (κ1) is 28.2. The number of pyridine rings is 1. The highest BCUT2D eigenvalue weighted by atomic mass is 16.2. The maximum absolute atomic E-state index is 14.3. The van der Waals surface area contributed by atoms with Crippen LogP contribution in [0.3, 0.4) is 0 Å². The van der Waals surface area contributed by atoms with Crippen molar-refractivity contribution in [3.8, 4) is 6.19 Å². The lowest BCUT2D eigenvalue weighted by Gasteiger charge is -2.36. The number of carbonyl (C=O) groups is 2. The van der Waals surface area contributed by atoms with Crippen LogP contribution >= 0.6 is 0 Å². The van der Waals surface area contributed by atoms with E-state index in [1.807, 2.05) is 37.3 Å². The minimum absolute atomic E-state index is 0.0553.